The van der Waals surface area contributed by atoms with Gasteiger partial charge in [-0.15, -0.1) is 0 Å². The Labute approximate surface area is 178 Å². The van der Waals surface area contributed by atoms with Crippen LogP contribution in [0, 0.1) is 13.8 Å². The maximum atomic E-state index is 13.5. The topological polar surface area (TPSA) is 67.8 Å². The van der Waals surface area contributed by atoms with Crippen LogP contribution in [0.4, 0.5) is 5.13 Å². The van der Waals surface area contributed by atoms with Crippen LogP contribution in [0.1, 0.15) is 21.5 Å². The number of fused-ring (bicyclic) bond motifs is 2. The van der Waals surface area contributed by atoms with Crippen molar-refractivity contribution in [1.29, 1.82) is 0 Å². The summed E-state index contributed by atoms with van der Waals surface area (Å²) < 4.78 is 6.45. The molecule has 0 spiro atoms. The molecule has 4 aromatic rings. The van der Waals surface area contributed by atoms with E-state index in [-0.39, 0.29) is 11.5 Å². The fourth-order valence-corrected chi connectivity index (χ4v) is 4.50. The first kappa shape index (κ1) is 20.3. The minimum Gasteiger partial charge on any atom is -0.422 e. The molecule has 1 N–H and O–H groups in total. The van der Waals surface area contributed by atoms with Crippen molar-refractivity contribution in [3.05, 3.63) is 69.6 Å². The molecule has 0 aliphatic heterocycles. The summed E-state index contributed by atoms with van der Waals surface area (Å²) in [5, 5.41) is 1.31. The molecule has 154 valence electrons. The lowest BCUT2D eigenvalue weighted by atomic mass is 10.1. The standard InChI is InChI=1S/C23H23N3O3S/c1-14-11-15(2)20-18(12-14)24-23(30-20)26(10-9-25(3)4)21(27)17-13-16-7-5-6-8-19(16)29-22(17)28/h5-8,11-13H,9-10H2,1-4H3/p+1. The molecule has 0 aliphatic rings. The van der Waals surface area contributed by atoms with Gasteiger partial charge in [0, 0.05) is 5.39 Å². The third-order valence-corrected chi connectivity index (χ3v) is 6.22. The SMILES string of the molecule is Cc1cc(C)c2sc(N(CC[NH+](C)C)C(=O)c3cc4ccccc4oc3=O)nc2c1. The highest BCUT2D eigenvalue weighted by molar-refractivity contribution is 7.22. The van der Waals surface area contributed by atoms with E-state index < -0.39 is 5.63 Å². The molecule has 0 radical (unpaired) electrons. The molecule has 7 heteroatoms. The Hall–Kier alpha value is -3.03. The number of quaternary nitrogens is 1. The van der Waals surface area contributed by atoms with Gasteiger partial charge in [-0.2, -0.15) is 0 Å². The summed E-state index contributed by atoms with van der Waals surface area (Å²) in [5.74, 6) is -0.385. The predicted molar refractivity (Wildman–Crippen MR) is 121 cm³/mol. The van der Waals surface area contributed by atoms with Gasteiger partial charge in [0.25, 0.3) is 5.91 Å². The van der Waals surface area contributed by atoms with E-state index in [0.717, 1.165) is 33.3 Å². The summed E-state index contributed by atoms with van der Waals surface area (Å²) in [7, 11) is 4.05. The van der Waals surface area contributed by atoms with Crippen LogP contribution in [-0.2, 0) is 0 Å². The molecule has 6 nitrogen and oxygen atoms in total. The number of rotatable bonds is 5. The van der Waals surface area contributed by atoms with Crippen LogP contribution < -0.4 is 15.4 Å². The number of nitrogens with zero attached hydrogens (tertiary/aromatic N) is 2. The van der Waals surface area contributed by atoms with Crippen LogP contribution in [0.5, 0.6) is 0 Å². The zero-order valence-corrected chi connectivity index (χ0v) is 18.3. The fraction of sp³-hybridized carbons (Fsp3) is 0.261. The lowest BCUT2D eigenvalue weighted by Crippen LogP contribution is -3.06. The van der Waals surface area contributed by atoms with Crippen molar-refractivity contribution in [2.45, 2.75) is 13.8 Å². The van der Waals surface area contributed by atoms with E-state index in [2.05, 4.69) is 6.07 Å². The van der Waals surface area contributed by atoms with E-state index in [0.29, 0.717) is 17.3 Å². The van der Waals surface area contributed by atoms with E-state index in [9.17, 15) is 9.59 Å². The van der Waals surface area contributed by atoms with Gasteiger partial charge in [0.1, 0.15) is 11.1 Å². The Kier molecular flexibility index (Phi) is 5.40. The first-order chi connectivity index (χ1) is 14.3. The number of amides is 1. The Morgan fingerprint density at radius 3 is 2.70 bits per heavy atom. The van der Waals surface area contributed by atoms with E-state index in [1.807, 2.05) is 46.1 Å². The van der Waals surface area contributed by atoms with Crippen LogP contribution in [0.2, 0.25) is 0 Å². The molecule has 2 heterocycles. The highest BCUT2D eigenvalue weighted by Gasteiger charge is 2.25. The molecule has 0 bridgehead atoms. The Morgan fingerprint density at radius 1 is 1.17 bits per heavy atom. The molecule has 0 atom stereocenters. The number of benzene rings is 2. The minimum absolute atomic E-state index is 0.0228. The Bertz CT molecular complexity index is 1310. The fourth-order valence-electron chi connectivity index (χ4n) is 3.46. The highest BCUT2D eigenvalue weighted by Crippen LogP contribution is 2.32. The maximum absolute atomic E-state index is 13.5. The predicted octanol–water partition coefficient (Wildman–Crippen LogP) is 2.81. The van der Waals surface area contributed by atoms with E-state index in [4.69, 9.17) is 9.40 Å². The number of nitrogens with one attached hydrogen (secondary N) is 1. The van der Waals surface area contributed by atoms with Crippen molar-refractivity contribution in [3.63, 3.8) is 0 Å². The largest absolute Gasteiger partial charge is 0.422 e. The number of anilines is 1. The number of para-hydroxylation sites is 1. The van der Waals surface area contributed by atoms with Gasteiger partial charge in [0.15, 0.2) is 5.13 Å². The van der Waals surface area contributed by atoms with E-state index in [1.165, 1.54) is 16.2 Å². The number of hydrogen-bond acceptors (Lipinski definition) is 5. The maximum Gasteiger partial charge on any atom is 0.349 e. The third-order valence-electron chi connectivity index (χ3n) is 4.99. The minimum atomic E-state index is -0.631. The second-order valence-corrected chi connectivity index (χ2v) is 8.80. The van der Waals surface area contributed by atoms with Crippen molar-refractivity contribution in [3.8, 4) is 0 Å². The number of aromatic nitrogens is 1. The van der Waals surface area contributed by atoms with Gasteiger partial charge in [-0.25, -0.2) is 9.78 Å². The average molecular weight is 423 g/mol. The van der Waals surface area contributed by atoms with Gasteiger partial charge in [-0.1, -0.05) is 35.6 Å². The molecule has 0 fully saturated rings. The summed E-state index contributed by atoms with van der Waals surface area (Å²) in [6, 6.07) is 12.9. The highest BCUT2D eigenvalue weighted by atomic mass is 32.1. The van der Waals surface area contributed by atoms with E-state index >= 15 is 0 Å². The summed E-state index contributed by atoms with van der Waals surface area (Å²) in [4.78, 5) is 33.6. The quantitative estimate of drug-likeness (QED) is 0.502. The average Bonchev–Trinajstić information content (AvgIpc) is 3.11. The first-order valence-electron chi connectivity index (χ1n) is 9.85. The Balaban J connectivity index is 1.81. The molecule has 30 heavy (non-hydrogen) atoms. The second-order valence-electron chi connectivity index (χ2n) is 7.83. The molecular formula is C23H24N3O3S+. The van der Waals surface area contributed by atoms with Crippen LogP contribution in [0.3, 0.4) is 0 Å². The first-order valence-corrected chi connectivity index (χ1v) is 10.7. The van der Waals surface area contributed by atoms with Crippen LogP contribution in [0.25, 0.3) is 21.2 Å². The molecule has 0 saturated heterocycles. The van der Waals surface area contributed by atoms with Crippen molar-refractivity contribution in [2.24, 2.45) is 0 Å². The Morgan fingerprint density at radius 2 is 1.93 bits per heavy atom. The van der Waals surface area contributed by atoms with Crippen molar-refractivity contribution < 1.29 is 14.1 Å². The van der Waals surface area contributed by atoms with Gasteiger partial charge in [0.05, 0.1) is 37.4 Å². The zero-order chi connectivity index (χ0) is 21.4. The summed E-state index contributed by atoms with van der Waals surface area (Å²) in [6.07, 6.45) is 0. The van der Waals surface area contributed by atoms with Gasteiger partial charge < -0.3 is 9.32 Å². The molecule has 4 rings (SSSR count). The third kappa shape index (κ3) is 3.86. The number of likely N-dealkylation sites (N-methyl/N-ethyl adjacent to an activating group) is 1. The number of carbonyl (C=O) groups is 1. The molecular weight excluding hydrogens is 398 g/mol. The molecule has 0 saturated carbocycles. The van der Waals surface area contributed by atoms with Gasteiger partial charge in [-0.05, 0) is 43.2 Å². The number of aryl methyl sites for hydroxylation is 2. The zero-order valence-electron chi connectivity index (χ0n) is 17.5. The number of thiazole rings is 1. The van der Waals surface area contributed by atoms with Gasteiger partial charge >= 0.3 is 5.63 Å². The summed E-state index contributed by atoms with van der Waals surface area (Å²) in [5.41, 5.74) is 2.98. The normalized spacial score (nSPS) is 11.5. The number of hydrogen-bond donors (Lipinski definition) is 1. The molecule has 2 aromatic heterocycles. The molecule has 1 amide bonds. The van der Waals surface area contributed by atoms with Gasteiger partial charge in [0.2, 0.25) is 0 Å². The molecule has 2 aromatic carbocycles. The summed E-state index contributed by atoms with van der Waals surface area (Å²) in [6.45, 7) is 5.25. The molecule has 0 unspecified atom stereocenters. The van der Waals surface area contributed by atoms with E-state index in [1.54, 1.807) is 23.1 Å². The second kappa shape index (κ2) is 8.01. The summed E-state index contributed by atoms with van der Waals surface area (Å²) >= 11 is 1.48. The lowest BCUT2D eigenvalue weighted by molar-refractivity contribution is -0.856. The monoisotopic (exact) mass is 422 g/mol. The lowest BCUT2D eigenvalue weighted by Gasteiger charge is -2.20. The van der Waals surface area contributed by atoms with Crippen LogP contribution in [0.15, 0.2) is 51.7 Å². The van der Waals surface area contributed by atoms with Crippen molar-refractivity contribution >= 4 is 43.6 Å². The number of carbonyl (C=O) groups excluding carboxylic acids is 1. The van der Waals surface area contributed by atoms with Crippen molar-refractivity contribution in [1.82, 2.24) is 4.98 Å². The molecule has 0 aliphatic carbocycles. The van der Waals surface area contributed by atoms with Crippen molar-refractivity contribution in [2.75, 3.05) is 32.1 Å². The smallest absolute Gasteiger partial charge is 0.349 e. The van der Waals surface area contributed by atoms with Crippen LogP contribution >= 0.6 is 11.3 Å². The van der Waals surface area contributed by atoms with Gasteiger partial charge in [-0.3, -0.25) is 9.69 Å². The van der Waals surface area contributed by atoms with Crippen LogP contribution in [-0.4, -0.2) is 38.1 Å².